The molecule has 69 heavy (non-hydrogen) atoms. The molecule has 4 N–H and O–H groups in total. The first kappa shape index (κ1) is 47.3. The van der Waals surface area contributed by atoms with Gasteiger partial charge < -0.3 is 44.6 Å². The number of aromatic amines is 2. The lowest BCUT2D eigenvalue weighted by atomic mass is 10.0. The van der Waals surface area contributed by atoms with E-state index in [9.17, 15) is 19.2 Å². The van der Waals surface area contributed by atoms with Crippen LogP contribution in [0.15, 0.2) is 55.0 Å². The normalized spacial score (nSPS) is 18.6. The number of hydrogen-bond acceptors (Lipinski definition) is 11. The van der Waals surface area contributed by atoms with Crippen LogP contribution in [0.2, 0.25) is 0 Å². The molecule has 4 amide bonds. The Bertz CT molecular complexity index is 2900. The Morgan fingerprint density at radius 2 is 1.36 bits per heavy atom. The van der Waals surface area contributed by atoms with Crippen molar-refractivity contribution < 1.29 is 37.8 Å². The van der Waals surface area contributed by atoms with Gasteiger partial charge in [0.2, 0.25) is 18.0 Å². The maximum atomic E-state index is 16.9. The Balaban J connectivity index is 1.04. The fourth-order valence-corrected chi connectivity index (χ4v) is 11.0. The smallest absolute Gasteiger partial charge is 0.407 e. The van der Waals surface area contributed by atoms with Crippen molar-refractivity contribution in [2.24, 2.45) is 17.8 Å². The highest BCUT2D eigenvalue weighted by Crippen LogP contribution is 2.48. The second kappa shape index (κ2) is 19.3. The zero-order valence-electron chi connectivity index (χ0n) is 40.1. The van der Waals surface area contributed by atoms with Crippen molar-refractivity contribution in [3.63, 3.8) is 0 Å². The highest BCUT2D eigenvalue weighted by atomic mass is 32.1. The molecule has 2 aromatic carbocycles. The first-order valence-corrected chi connectivity index (χ1v) is 24.5. The van der Waals surface area contributed by atoms with Gasteiger partial charge in [-0.2, -0.15) is 0 Å². The Kier molecular flexibility index (Phi) is 13.2. The zero-order chi connectivity index (χ0) is 48.8. The number of fused-ring (bicyclic) bond motifs is 5. The van der Waals surface area contributed by atoms with Gasteiger partial charge in [0.1, 0.15) is 35.3 Å². The molecule has 0 saturated carbocycles. The van der Waals surface area contributed by atoms with E-state index in [1.54, 1.807) is 33.5 Å². The maximum Gasteiger partial charge on any atom is 0.407 e. The minimum Gasteiger partial charge on any atom is -0.464 e. The molecule has 3 aliphatic heterocycles. The fraction of sp³-hybridized carbons (Fsp3) is 0.460. The van der Waals surface area contributed by atoms with Crippen LogP contribution in [0.1, 0.15) is 107 Å². The van der Waals surface area contributed by atoms with E-state index in [0.29, 0.717) is 65.3 Å². The third-order valence-electron chi connectivity index (χ3n) is 13.3. The van der Waals surface area contributed by atoms with E-state index in [1.807, 2.05) is 68.8 Å². The topological polar surface area (TPSA) is 202 Å². The number of nitrogens with zero attached hydrogens (tertiary/aromatic N) is 6. The van der Waals surface area contributed by atoms with Crippen LogP contribution in [0.25, 0.3) is 44.7 Å². The number of benzene rings is 2. The number of imidazole rings is 2. The Hall–Kier alpha value is -6.76. The van der Waals surface area contributed by atoms with Crippen molar-refractivity contribution in [3.8, 4) is 39.5 Å². The molecule has 0 radical (unpaired) electrons. The summed E-state index contributed by atoms with van der Waals surface area (Å²) in [6.45, 7) is 12.9. The molecular weight excluding hydrogens is 904 g/mol. The summed E-state index contributed by atoms with van der Waals surface area (Å²) >= 11 is 1.58. The molecule has 5 atom stereocenters. The third-order valence-corrected chi connectivity index (χ3v) is 14.4. The number of alkyl carbamates (subject to hydrolysis) is 2. The van der Waals surface area contributed by atoms with Crippen LogP contribution < -0.4 is 15.4 Å². The van der Waals surface area contributed by atoms with Crippen molar-refractivity contribution in [2.75, 3.05) is 27.3 Å². The minimum absolute atomic E-state index is 0.156. The first-order valence-electron chi connectivity index (χ1n) is 23.6. The number of amides is 4. The van der Waals surface area contributed by atoms with E-state index in [2.05, 4.69) is 34.4 Å². The van der Waals surface area contributed by atoms with Gasteiger partial charge in [0.25, 0.3) is 0 Å². The average Bonchev–Trinajstić information content (AvgIpc) is 4.19. The van der Waals surface area contributed by atoms with E-state index in [1.165, 1.54) is 20.3 Å². The molecule has 6 aromatic rings. The lowest BCUT2D eigenvalue weighted by Gasteiger charge is -2.30. The van der Waals surface area contributed by atoms with Gasteiger partial charge in [-0.1, -0.05) is 47.6 Å². The van der Waals surface area contributed by atoms with Crippen LogP contribution in [0, 0.1) is 23.6 Å². The number of carbonyl (C=O) groups is 4. The number of nitrogens with one attached hydrogen (secondary N) is 4. The Labute approximate surface area is 403 Å². The fourth-order valence-electron chi connectivity index (χ4n) is 9.86. The number of H-pyrrole nitrogens is 2. The maximum absolute atomic E-state index is 16.9. The number of likely N-dealkylation sites (tertiary alicyclic amines) is 2. The largest absolute Gasteiger partial charge is 0.464 e. The van der Waals surface area contributed by atoms with Crippen LogP contribution in [0.4, 0.5) is 14.0 Å². The molecule has 9 rings (SSSR count). The van der Waals surface area contributed by atoms with Gasteiger partial charge in [-0.15, -0.1) is 11.3 Å². The molecular formula is C50H59FN10O7S. The van der Waals surface area contributed by atoms with Gasteiger partial charge in [-0.25, -0.2) is 28.9 Å². The molecule has 2 saturated heterocycles. The molecule has 2 fully saturated rings. The summed E-state index contributed by atoms with van der Waals surface area (Å²) in [5.41, 5.74) is 4.51. The predicted molar refractivity (Wildman–Crippen MR) is 258 cm³/mol. The van der Waals surface area contributed by atoms with E-state index >= 15 is 4.39 Å². The minimum atomic E-state index is -0.776. The van der Waals surface area contributed by atoms with Gasteiger partial charge >= 0.3 is 12.2 Å². The number of thiazole rings is 1. The third kappa shape index (κ3) is 9.15. The molecule has 5 unspecified atom stereocenters. The van der Waals surface area contributed by atoms with Crippen molar-refractivity contribution in [2.45, 2.75) is 104 Å². The summed E-state index contributed by atoms with van der Waals surface area (Å²) in [6, 6.07) is 9.16. The molecule has 7 heterocycles. The molecule has 0 spiro atoms. The first-order chi connectivity index (χ1) is 33.1. The number of rotatable bonds is 13. The number of halogens is 1. The molecule has 19 heteroatoms. The standard InChI is InChI=1S/C50H59FN10O7S/c1-25(2)17-40-52-24-39(69-40)48-61-34-14-13-28(32-22-53-44(55-32)35-11-9-15-59(35)46(62)42(26(3)4)57-49(64)66-7)18-30(34)20-37(61)41-31(51)19-29(21-38(41)68-48)33-23-54-45(56-33)36-12-10-16-60(36)47(63)43(27(5)6)58-50(65)67-8/h13-14,18-27,35-36,42-43,48H,9-12,15-17H2,1-8H3,(H,53,55)(H,54,56)(H,57,64)(H,58,65). The summed E-state index contributed by atoms with van der Waals surface area (Å²) in [5, 5.41) is 7.23. The molecule has 4 aromatic heterocycles. The quantitative estimate of drug-likeness (QED) is 0.0866. The molecule has 0 bridgehead atoms. The van der Waals surface area contributed by atoms with Crippen molar-refractivity contribution >= 4 is 46.2 Å². The van der Waals surface area contributed by atoms with Gasteiger partial charge in [-0.3, -0.25) is 14.2 Å². The molecule has 364 valence electrons. The Morgan fingerprint density at radius 3 is 1.91 bits per heavy atom. The molecule has 3 aliphatic rings. The van der Waals surface area contributed by atoms with Crippen molar-refractivity contribution in [3.05, 3.63) is 82.3 Å². The molecule has 0 aliphatic carbocycles. The average molecular weight is 963 g/mol. The lowest BCUT2D eigenvalue weighted by molar-refractivity contribution is -0.136. The van der Waals surface area contributed by atoms with Crippen LogP contribution in [0.3, 0.4) is 0 Å². The SMILES string of the molecule is COC(=O)NC(C(=O)N1CCCC1c1ncc(-c2cc(F)c3c(c2)OC(c2cnc(CC(C)C)s2)n2c-3cc3cc(-c4cnc(C5CCCN5C(=O)C(NC(=O)OC)C(C)C)[nH]4)ccc32)[nH]1)C(C)C. The van der Waals surface area contributed by atoms with E-state index in [0.717, 1.165) is 57.7 Å². The lowest BCUT2D eigenvalue weighted by Crippen LogP contribution is -2.51. The summed E-state index contributed by atoms with van der Waals surface area (Å²) < 4.78 is 35.4. The van der Waals surface area contributed by atoms with E-state index < -0.39 is 36.3 Å². The monoisotopic (exact) mass is 962 g/mol. The van der Waals surface area contributed by atoms with Gasteiger partial charge in [0.15, 0.2) is 0 Å². The highest BCUT2D eigenvalue weighted by Gasteiger charge is 2.40. The summed E-state index contributed by atoms with van der Waals surface area (Å²) in [7, 11) is 2.54. The second-order valence-corrected chi connectivity index (χ2v) is 20.3. The van der Waals surface area contributed by atoms with Crippen molar-refractivity contribution in [1.82, 2.24) is 49.9 Å². The second-order valence-electron chi connectivity index (χ2n) is 19.2. The van der Waals surface area contributed by atoms with Crippen LogP contribution in [0.5, 0.6) is 5.75 Å². The number of ether oxygens (including phenoxy) is 3. The van der Waals surface area contributed by atoms with Gasteiger partial charge in [-0.05, 0) is 73.8 Å². The highest BCUT2D eigenvalue weighted by molar-refractivity contribution is 7.11. The predicted octanol–water partition coefficient (Wildman–Crippen LogP) is 8.91. The van der Waals surface area contributed by atoms with Crippen molar-refractivity contribution in [1.29, 1.82) is 0 Å². The molecule has 17 nitrogen and oxygen atoms in total. The van der Waals surface area contributed by atoms with Gasteiger partial charge in [0.05, 0.1) is 76.7 Å². The summed E-state index contributed by atoms with van der Waals surface area (Å²) in [5.74, 6) is 0.767. The summed E-state index contributed by atoms with van der Waals surface area (Å²) in [4.78, 5) is 77.4. The number of methoxy groups -OCH3 is 2. The van der Waals surface area contributed by atoms with Crippen LogP contribution in [-0.4, -0.2) is 103 Å². The Morgan fingerprint density at radius 1 is 0.783 bits per heavy atom. The van der Waals surface area contributed by atoms with Crippen LogP contribution >= 0.6 is 11.3 Å². The number of hydrogen-bond donors (Lipinski definition) is 4. The van der Waals surface area contributed by atoms with E-state index in [4.69, 9.17) is 29.2 Å². The number of aromatic nitrogens is 6. The van der Waals surface area contributed by atoms with E-state index in [-0.39, 0.29) is 35.7 Å². The number of carbonyl (C=O) groups excluding carboxylic acids is 4. The van der Waals surface area contributed by atoms with Gasteiger partial charge in [0, 0.05) is 42.2 Å². The zero-order valence-corrected chi connectivity index (χ0v) is 40.9. The summed E-state index contributed by atoms with van der Waals surface area (Å²) in [6.07, 6.45) is 7.03. The van der Waals surface area contributed by atoms with Crippen LogP contribution in [-0.2, 0) is 25.5 Å².